The fourth-order valence-corrected chi connectivity index (χ4v) is 12.1. The smallest absolute Gasteiger partial charge is 0.0671 e. The van der Waals surface area contributed by atoms with Gasteiger partial charge in [-0.15, -0.1) is 0 Å². The molecule has 0 aliphatic heterocycles. The van der Waals surface area contributed by atoms with Crippen molar-refractivity contribution in [1.82, 2.24) is 0 Å². The molecule has 8 aromatic carbocycles. The Morgan fingerprint density at radius 1 is 0.400 bits per heavy atom. The van der Waals surface area contributed by atoms with Crippen molar-refractivity contribution in [3.8, 4) is 33.4 Å². The summed E-state index contributed by atoms with van der Waals surface area (Å²) in [5.74, 6) is 0. The lowest BCUT2D eigenvalue weighted by Gasteiger charge is -2.44. The summed E-state index contributed by atoms with van der Waals surface area (Å²) < 4.78 is 0. The van der Waals surface area contributed by atoms with Crippen LogP contribution in [0.25, 0.3) is 33.4 Å². The average molecular weight is 845 g/mol. The maximum Gasteiger partial charge on any atom is 0.0671 e. The van der Waals surface area contributed by atoms with Crippen molar-refractivity contribution < 1.29 is 0 Å². The quantitative estimate of drug-likeness (QED) is 0.143. The minimum Gasteiger partial charge on any atom is -0.334 e. The van der Waals surface area contributed by atoms with Gasteiger partial charge >= 0.3 is 0 Å². The molecule has 11 rings (SSSR count). The summed E-state index contributed by atoms with van der Waals surface area (Å²) in [6.45, 7) is 21.5. The van der Waals surface area contributed by atoms with Crippen LogP contribution in [0.4, 0.5) is 22.7 Å². The van der Waals surface area contributed by atoms with E-state index in [0.29, 0.717) is 0 Å². The molecule has 0 radical (unpaired) electrons. The summed E-state index contributed by atoms with van der Waals surface area (Å²) in [6.07, 6.45) is 0.928. The molecule has 2 atom stereocenters. The van der Waals surface area contributed by atoms with E-state index in [1.807, 2.05) is 0 Å². The third-order valence-corrected chi connectivity index (χ3v) is 16.1. The molecular formula is C63H60N2. The Bertz CT molecular complexity index is 3150. The maximum atomic E-state index is 2.61. The Morgan fingerprint density at radius 3 is 1.38 bits per heavy atom. The van der Waals surface area contributed by atoms with E-state index >= 15 is 0 Å². The number of anilines is 4. The van der Waals surface area contributed by atoms with Crippen molar-refractivity contribution in [3.05, 3.63) is 226 Å². The van der Waals surface area contributed by atoms with Crippen LogP contribution in [0, 0.1) is 0 Å². The SMILES string of the molecule is CCC(C)(c1ccc2c(c1)C(C)(C)c1cc(C(C)N(c3ccccc3)c3ccc4c(c3)C(C)(C)c3ccccc3-4)ccc1-2)N(c1ccccc1)c1ccc2c(c1)C(C)(C)c1ccccc1-2. The summed E-state index contributed by atoms with van der Waals surface area (Å²) in [4.78, 5) is 5.15. The Hall–Kier alpha value is -6.64. The number of hydrogen-bond acceptors (Lipinski definition) is 2. The predicted molar refractivity (Wildman–Crippen MR) is 275 cm³/mol. The molecule has 0 saturated heterocycles. The van der Waals surface area contributed by atoms with Crippen molar-refractivity contribution >= 4 is 22.7 Å². The normalized spacial score (nSPS) is 16.6. The number of rotatable bonds is 9. The molecule has 3 aliphatic rings. The van der Waals surface area contributed by atoms with Crippen LogP contribution < -0.4 is 9.80 Å². The van der Waals surface area contributed by atoms with Crippen LogP contribution in [0.15, 0.2) is 182 Å². The molecule has 65 heavy (non-hydrogen) atoms. The highest BCUT2D eigenvalue weighted by molar-refractivity contribution is 5.86. The lowest BCUT2D eigenvalue weighted by molar-refractivity contribution is 0.462. The van der Waals surface area contributed by atoms with Crippen LogP contribution in [0.2, 0.25) is 0 Å². The molecule has 0 heterocycles. The van der Waals surface area contributed by atoms with Crippen molar-refractivity contribution in [2.75, 3.05) is 9.80 Å². The first-order chi connectivity index (χ1) is 31.2. The second-order valence-electron chi connectivity index (χ2n) is 20.7. The molecule has 322 valence electrons. The Morgan fingerprint density at radius 2 is 0.815 bits per heavy atom. The van der Waals surface area contributed by atoms with E-state index in [9.17, 15) is 0 Å². The van der Waals surface area contributed by atoms with Crippen molar-refractivity contribution in [1.29, 1.82) is 0 Å². The zero-order chi connectivity index (χ0) is 45.0. The van der Waals surface area contributed by atoms with Gasteiger partial charge in [-0.25, -0.2) is 0 Å². The molecular weight excluding hydrogens is 785 g/mol. The van der Waals surface area contributed by atoms with E-state index in [4.69, 9.17) is 0 Å². The number of nitrogens with zero attached hydrogens (tertiary/aromatic N) is 2. The van der Waals surface area contributed by atoms with Crippen LogP contribution in [0.3, 0.4) is 0 Å². The van der Waals surface area contributed by atoms with Gasteiger partial charge in [0.15, 0.2) is 0 Å². The van der Waals surface area contributed by atoms with Gasteiger partial charge in [0.1, 0.15) is 0 Å². The zero-order valence-corrected chi connectivity index (χ0v) is 39.5. The maximum absolute atomic E-state index is 2.61. The van der Waals surface area contributed by atoms with E-state index < -0.39 is 0 Å². The molecule has 3 aliphatic carbocycles. The number of fused-ring (bicyclic) bond motifs is 9. The highest BCUT2D eigenvalue weighted by Gasteiger charge is 2.42. The standard InChI is InChI=1S/C63H60N2/c1-10-63(9,65(45-23-15-12-16-24-45)47-32-36-53-49-26-18-20-28-55(49)61(5,6)59(53)40-47)43-30-34-51-50-33-29-42(37-56(50)62(7,8)57(51)38-43)41(2)64(44-21-13-11-14-22-44)46-31-35-52-48-25-17-19-27-54(48)60(3,4)58(52)39-46/h11-41H,10H2,1-9H3. The fraction of sp³-hybridized carbons (Fsp3) is 0.238. The average Bonchev–Trinajstić information content (AvgIpc) is 3.81. The van der Waals surface area contributed by atoms with Crippen molar-refractivity contribution in [2.45, 2.75) is 96.6 Å². The van der Waals surface area contributed by atoms with Gasteiger partial charge in [-0.05, 0) is 147 Å². The van der Waals surface area contributed by atoms with Crippen LogP contribution >= 0.6 is 0 Å². The van der Waals surface area contributed by atoms with Crippen LogP contribution in [-0.2, 0) is 21.8 Å². The monoisotopic (exact) mass is 844 g/mol. The minimum atomic E-state index is -0.341. The van der Waals surface area contributed by atoms with Gasteiger partial charge < -0.3 is 9.80 Å². The van der Waals surface area contributed by atoms with Gasteiger partial charge in [-0.3, -0.25) is 0 Å². The third-order valence-electron chi connectivity index (χ3n) is 16.1. The number of hydrogen-bond donors (Lipinski definition) is 0. The molecule has 2 unspecified atom stereocenters. The summed E-state index contributed by atoms with van der Waals surface area (Å²) in [7, 11) is 0. The molecule has 0 bridgehead atoms. The summed E-state index contributed by atoms with van der Waals surface area (Å²) in [5, 5.41) is 0. The molecule has 2 nitrogen and oxygen atoms in total. The van der Waals surface area contributed by atoms with E-state index in [0.717, 1.165) is 6.42 Å². The van der Waals surface area contributed by atoms with Gasteiger partial charge in [0, 0.05) is 39.0 Å². The first-order valence-electron chi connectivity index (χ1n) is 23.7. The van der Waals surface area contributed by atoms with E-state index in [1.165, 1.54) is 101 Å². The first kappa shape index (κ1) is 41.1. The first-order valence-corrected chi connectivity index (χ1v) is 23.7. The van der Waals surface area contributed by atoms with Gasteiger partial charge in [0.25, 0.3) is 0 Å². The van der Waals surface area contributed by atoms with Gasteiger partial charge in [-0.2, -0.15) is 0 Å². The Kier molecular flexibility index (Phi) is 9.29. The molecule has 0 aromatic heterocycles. The predicted octanol–water partition coefficient (Wildman–Crippen LogP) is 17.0. The second kappa shape index (κ2) is 14.7. The summed E-state index contributed by atoms with van der Waals surface area (Å²) >= 11 is 0. The van der Waals surface area contributed by atoms with Crippen LogP contribution in [0.5, 0.6) is 0 Å². The van der Waals surface area contributed by atoms with Gasteiger partial charge in [-0.1, -0.05) is 182 Å². The second-order valence-corrected chi connectivity index (χ2v) is 20.7. The molecule has 0 amide bonds. The van der Waals surface area contributed by atoms with E-state index in [2.05, 4.69) is 254 Å². The zero-order valence-electron chi connectivity index (χ0n) is 39.5. The topological polar surface area (TPSA) is 6.48 Å². The van der Waals surface area contributed by atoms with Gasteiger partial charge in [0.05, 0.1) is 11.6 Å². The number of benzene rings is 8. The summed E-state index contributed by atoms with van der Waals surface area (Å²) in [5.41, 5.74) is 23.2. The lowest BCUT2D eigenvalue weighted by atomic mass is 9.78. The van der Waals surface area contributed by atoms with Crippen LogP contribution in [0.1, 0.15) is 119 Å². The van der Waals surface area contributed by atoms with Crippen molar-refractivity contribution in [3.63, 3.8) is 0 Å². The molecule has 8 aromatic rings. The van der Waals surface area contributed by atoms with E-state index in [-0.39, 0.29) is 27.8 Å². The molecule has 2 heteroatoms. The largest absolute Gasteiger partial charge is 0.334 e. The molecule has 0 spiro atoms. The summed E-state index contributed by atoms with van der Waals surface area (Å²) in [6, 6.07) is 69.0. The Labute approximate surface area is 387 Å². The minimum absolute atomic E-state index is 0.0770. The third kappa shape index (κ3) is 6.06. The molecule has 0 saturated carbocycles. The van der Waals surface area contributed by atoms with Crippen molar-refractivity contribution in [2.24, 2.45) is 0 Å². The highest BCUT2D eigenvalue weighted by Crippen LogP contribution is 2.55. The highest BCUT2D eigenvalue weighted by atomic mass is 15.2. The van der Waals surface area contributed by atoms with Gasteiger partial charge in [0.2, 0.25) is 0 Å². The molecule has 0 fully saturated rings. The van der Waals surface area contributed by atoms with Crippen LogP contribution in [-0.4, -0.2) is 0 Å². The lowest BCUT2D eigenvalue weighted by Crippen LogP contribution is -2.41. The molecule has 0 N–H and O–H groups in total. The fourth-order valence-electron chi connectivity index (χ4n) is 12.1. The Balaban J connectivity index is 0.974. The number of para-hydroxylation sites is 2. The van der Waals surface area contributed by atoms with E-state index in [1.54, 1.807) is 0 Å².